The smallest absolute Gasteiger partial charge is 0.253 e. The van der Waals surface area contributed by atoms with E-state index in [1.165, 1.54) is 12.8 Å². The van der Waals surface area contributed by atoms with Crippen molar-refractivity contribution in [3.63, 3.8) is 0 Å². The van der Waals surface area contributed by atoms with Gasteiger partial charge < -0.3 is 19.5 Å². The van der Waals surface area contributed by atoms with E-state index in [9.17, 15) is 4.79 Å². The van der Waals surface area contributed by atoms with E-state index >= 15 is 0 Å². The molecule has 0 saturated heterocycles. The number of hydrogen-bond acceptors (Lipinski definition) is 4. The number of carbonyl (C=O) groups excluding carboxylic acids is 1. The molecular weight excluding hydrogens is 270 g/mol. The molecule has 1 aliphatic heterocycles. The van der Waals surface area contributed by atoms with Gasteiger partial charge in [-0.3, -0.25) is 4.79 Å². The number of fused-ring (bicyclic) bond motifs is 1. The summed E-state index contributed by atoms with van der Waals surface area (Å²) in [5.41, 5.74) is 0.682. The van der Waals surface area contributed by atoms with Crippen LogP contribution in [0.25, 0.3) is 0 Å². The van der Waals surface area contributed by atoms with E-state index in [-0.39, 0.29) is 5.91 Å². The number of hydrogen-bond donors (Lipinski definition) is 1. The fraction of sp³-hybridized carbons (Fsp3) is 0.562. The van der Waals surface area contributed by atoms with Crippen molar-refractivity contribution in [1.82, 2.24) is 0 Å². The van der Waals surface area contributed by atoms with E-state index in [0.717, 1.165) is 0 Å². The van der Waals surface area contributed by atoms with Gasteiger partial charge in [0, 0.05) is 25.6 Å². The van der Waals surface area contributed by atoms with Crippen molar-refractivity contribution in [2.24, 2.45) is 5.92 Å². The van der Waals surface area contributed by atoms with Crippen molar-refractivity contribution in [2.75, 3.05) is 11.9 Å². The standard InChI is InChI=1S/C16H21NO4/c1-10(19-9-11-4-5-11)15(18)17-12-6-7-13-14(8-12)21-16(2,3)20-13/h6-8,10-11H,4-5,9H2,1-3H3,(H,17,18)/t10-/m1/s1. The molecule has 114 valence electrons. The lowest BCUT2D eigenvalue weighted by Gasteiger charge is -2.16. The van der Waals surface area contributed by atoms with Gasteiger partial charge in [0.1, 0.15) is 6.10 Å². The Morgan fingerprint density at radius 2 is 2.10 bits per heavy atom. The molecule has 1 aliphatic carbocycles. The normalized spacial score (nSPS) is 20.1. The van der Waals surface area contributed by atoms with Crippen LogP contribution >= 0.6 is 0 Å². The Labute approximate surface area is 124 Å². The molecule has 0 aromatic heterocycles. The van der Waals surface area contributed by atoms with Gasteiger partial charge in [-0.2, -0.15) is 0 Å². The monoisotopic (exact) mass is 291 g/mol. The number of carbonyl (C=O) groups is 1. The van der Waals surface area contributed by atoms with Gasteiger partial charge in [0.2, 0.25) is 5.79 Å². The zero-order valence-electron chi connectivity index (χ0n) is 12.6. The van der Waals surface area contributed by atoms with Gasteiger partial charge in [-0.05, 0) is 37.8 Å². The average Bonchev–Trinajstić information content (AvgIpc) is 3.17. The number of ether oxygens (including phenoxy) is 3. The van der Waals surface area contributed by atoms with Crippen molar-refractivity contribution < 1.29 is 19.0 Å². The molecule has 1 atom stereocenters. The molecule has 5 heteroatoms. The van der Waals surface area contributed by atoms with Gasteiger partial charge in [0.05, 0.1) is 6.61 Å². The summed E-state index contributed by atoms with van der Waals surface area (Å²) in [7, 11) is 0. The largest absolute Gasteiger partial charge is 0.449 e. The molecule has 21 heavy (non-hydrogen) atoms. The Kier molecular flexibility index (Phi) is 3.53. The highest BCUT2D eigenvalue weighted by atomic mass is 16.7. The molecule has 1 heterocycles. The molecule has 1 saturated carbocycles. The maximum Gasteiger partial charge on any atom is 0.253 e. The van der Waals surface area contributed by atoms with E-state index in [1.807, 2.05) is 13.8 Å². The minimum atomic E-state index is -0.661. The molecule has 0 radical (unpaired) electrons. The van der Waals surface area contributed by atoms with Crippen LogP contribution < -0.4 is 14.8 Å². The Morgan fingerprint density at radius 1 is 1.38 bits per heavy atom. The van der Waals surface area contributed by atoms with Gasteiger partial charge in [0.15, 0.2) is 11.5 Å². The maximum atomic E-state index is 12.1. The summed E-state index contributed by atoms with van der Waals surface area (Å²) >= 11 is 0. The Balaban J connectivity index is 1.59. The molecule has 3 rings (SSSR count). The Hall–Kier alpha value is -1.75. The number of nitrogens with one attached hydrogen (secondary N) is 1. The van der Waals surface area contributed by atoms with Crippen LogP contribution in [-0.2, 0) is 9.53 Å². The van der Waals surface area contributed by atoms with Crippen LogP contribution in [0.5, 0.6) is 11.5 Å². The van der Waals surface area contributed by atoms with Crippen molar-refractivity contribution in [3.05, 3.63) is 18.2 Å². The summed E-state index contributed by atoms with van der Waals surface area (Å²) in [6.45, 7) is 6.13. The predicted octanol–water partition coefficient (Wildman–Crippen LogP) is 2.95. The van der Waals surface area contributed by atoms with E-state index in [0.29, 0.717) is 29.7 Å². The third-order valence-corrected chi connectivity index (χ3v) is 3.57. The molecule has 1 amide bonds. The van der Waals surface area contributed by atoms with Gasteiger partial charge in [-0.1, -0.05) is 0 Å². The number of anilines is 1. The maximum absolute atomic E-state index is 12.1. The van der Waals surface area contributed by atoms with E-state index < -0.39 is 11.9 Å². The van der Waals surface area contributed by atoms with Crippen LogP contribution in [0.1, 0.15) is 33.6 Å². The van der Waals surface area contributed by atoms with Crippen LogP contribution in [0, 0.1) is 5.92 Å². The zero-order valence-corrected chi connectivity index (χ0v) is 12.6. The number of benzene rings is 1. The summed E-state index contributed by atoms with van der Waals surface area (Å²) in [5.74, 6) is 1.17. The molecule has 1 N–H and O–H groups in total. The van der Waals surface area contributed by atoms with Gasteiger partial charge in [0.25, 0.3) is 5.91 Å². The minimum Gasteiger partial charge on any atom is -0.449 e. The second-order valence-electron chi connectivity index (χ2n) is 6.17. The number of amides is 1. The molecule has 0 spiro atoms. The average molecular weight is 291 g/mol. The van der Waals surface area contributed by atoms with Crippen LogP contribution in [0.15, 0.2) is 18.2 Å². The highest BCUT2D eigenvalue weighted by Gasteiger charge is 2.32. The lowest BCUT2D eigenvalue weighted by atomic mass is 10.2. The SMILES string of the molecule is C[C@@H](OCC1CC1)C(=O)Nc1ccc2c(c1)OC(C)(C)O2. The quantitative estimate of drug-likeness (QED) is 0.906. The van der Waals surface area contributed by atoms with E-state index in [4.69, 9.17) is 14.2 Å². The van der Waals surface area contributed by atoms with Crippen molar-refractivity contribution in [2.45, 2.75) is 45.5 Å². The molecular formula is C16H21NO4. The van der Waals surface area contributed by atoms with Crippen LogP contribution in [0.3, 0.4) is 0 Å². The van der Waals surface area contributed by atoms with Crippen molar-refractivity contribution >= 4 is 11.6 Å². The number of rotatable bonds is 5. The first kappa shape index (κ1) is 14.2. The van der Waals surface area contributed by atoms with Crippen LogP contribution in [-0.4, -0.2) is 24.4 Å². The van der Waals surface area contributed by atoms with E-state index in [2.05, 4.69) is 5.32 Å². The minimum absolute atomic E-state index is 0.145. The molecule has 2 aliphatic rings. The highest BCUT2D eigenvalue weighted by molar-refractivity contribution is 5.94. The van der Waals surface area contributed by atoms with Gasteiger partial charge in [-0.15, -0.1) is 0 Å². The second kappa shape index (κ2) is 5.22. The third kappa shape index (κ3) is 3.47. The predicted molar refractivity (Wildman–Crippen MR) is 78.5 cm³/mol. The van der Waals surface area contributed by atoms with E-state index in [1.54, 1.807) is 25.1 Å². The highest BCUT2D eigenvalue weighted by Crippen LogP contribution is 2.40. The fourth-order valence-electron chi connectivity index (χ4n) is 2.18. The summed E-state index contributed by atoms with van der Waals surface area (Å²) in [4.78, 5) is 12.1. The van der Waals surface area contributed by atoms with Gasteiger partial charge >= 0.3 is 0 Å². The lowest BCUT2D eigenvalue weighted by molar-refractivity contribution is -0.126. The molecule has 5 nitrogen and oxygen atoms in total. The first-order valence-electron chi connectivity index (χ1n) is 7.37. The van der Waals surface area contributed by atoms with Gasteiger partial charge in [-0.25, -0.2) is 0 Å². The zero-order chi connectivity index (χ0) is 15.0. The fourth-order valence-corrected chi connectivity index (χ4v) is 2.18. The summed E-state index contributed by atoms with van der Waals surface area (Å²) in [6, 6.07) is 5.38. The topological polar surface area (TPSA) is 56.8 Å². The third-order valence-electron chi connectivity index (χ3n) is 3.57. The first-order valence-corrected chi connectivity index (χ1v) is 7.37. The lowest BCUT2D eigenvalue weighted by Crippen LogP contribution is -2.29. The summed E-state index contributed by atoms with van der Waals surface area (Å²) in [6.07, 6.45) is 1.98. The molecule has 1 aromatic rings. The first-order chi connectivity index (χ1) is 9.93. The molecule has 1 fully saturated rings. The second-order valence-corrected chi connectivity index (χ2v) is 6.17. The van der Waals surface area contributed by atoms with Crippen LogP contribution in [0.4, 0.5) is 5.69 Å². The van der Waals surface area contributed by atoms with Crippen molar-refractivity contribution in [3.8, 4) is 11.5 Å². The Morgan fingerprint density at radius 3 is 2.81 bits per heavy atom. The summed E-state index contributed by atoms with van der Waals surface area (Å²) < 4.78 is 16.8. The molecule has 1 aromatic carbocycles. The molecule has 0 unspecified atom stereocenters. The Bertz CT molecular complexity index is 551. The molecule has 0 bridgehead atoms. The summed E-state index contributed by atoms with van der Waals surface area (Å²) in [5, 5.41) is 2.84. The van der Waals surface area contributed by atoms with Crippen LogP contribution in [0.2, 0.25) is 0 Å². The van der Waals surface area contributed by atoms with Crippen molar-refractivity contribution in [1.29, 1.82) is 0 Å².